The van der Waals surface area contributed by atoms with Crippen LogP contribution in [0.5, 0.6) is 0 Å². The first-order valence-corrected chi connectivity index (χ1v) is 15.4. The van der Waals surface area contributed by atoms with Crippen molar-refractivity contribution >= 4 is 39.5 Å². The number of nitrogens with two attached hydrogens (primary N) is 1. The van der Waals surface area contributed by atoms with Crippen molar-refractivity contribution in [2.24, 2.45) is 0 Å². The lowest BCUT2D eigenvalue weighted by Crippen LogP contribution is -2.14. The summed E-state index contributed by atoms with van der Waals surface area (Å²) in [6, 6.07) is 29.0. The van der Waals surface area contributed by atoms with E-state index in [2.05, 4.69) is 15.6 Å². The molecule has 13 heteroatoms. The number of hydrogen-bond acceptors (Lipinski definition) is 8. The Kier molecular flexibility index (Phi) is 10.5. The zero-order valence-electron chi connectivity index (χ0n) is 25.6. The Morgan fingerprint density at radius 2 is 1.21 bits per heavy atom. The fourth-order valence-corrected chi connectivity index (χ4v) is 4.65. The lowest BCUT2D eigenvalue weighted by Gasteiger charge is -2.06. The van der Waals surface area contributed by atoms with Gasteiger partial charge in [0.25, 0.3) is 5.69 Å². The number of aromatic nitrogens is 2. The van der Waals surface area contributed by atoms with E-state index in [4.69, 9.17) is 5.73 Å². The average molecular weight is 642 g/mol. The zero-order valence-corrected chi connectivity index (χ0v) is 25.6. The Morgan fingerprint density at radius 1 is 0.702 bits per heavy atom. The van der Waals surface area contributed by atoms with Crippen LogP contribution in [0.15, 0.2) is 102 Å². The molecule has 1 heterocycles. The van der Waals surface area contributed by atoms with E-state index in [9.17, 15) is 29.4 Å². The van der Waals surface area contributed by atoms with Crippen LogP contribution in [-0.4, -0.2) is 31.5 Å². The molecule has 0 spiro atoms. The molecule has 1 aromatic heterocycles. The third-order valence-electron chi connectivity index (χ3n) is 7.52. The van der Waals surface area contributed by atoms with Crippen LogP contribution < -0.4 is 22.1 Å². The lowest BCUT2D eigenvalue weighted by molar-refractivity contribution is -0.387. The highest BCUT2D eigenvalue weighted by Gasteiger charge is 2.27. The molecule has 3 saturated carbocycles. The van der Waals surface area contributed by atoms with Gasteiger partial charge in [-0.2, -0.15) is 4.39 Å². The number of para-hydroxylation sites is 7. The number of nitrogens with one attached hydrogen (secondary N) is 3. The van der Waals surface area contributed by atoms with Gasteiger partial charge < -0.3 is 21.4 Å². The summed E-state index contributed by atoms with van der Waals surface area (Å²) in [7, 11) is 0. The van der Waals surface area contributed by atoms with Crippen LogP contribution >= 0.6 is 0 Å². The number of rotatable bonds is 7. The van der Waals surface area contributed by atoms with Crippen LogP contribution in [0, 0.1) is 26.0 Å². The summed E-state index contributed by atoms with van der Waals surface area (Å²) in [6.45, 7) is 0. The number of fused-ring (bicyclic) bond motifs is 1. The molecular formula is C34H36FN7O5. The molecule has 5 aromatic rings. The molecule has 0 atom stereocenters. The number of anilines is 3. The van der Waals surface area contributed by atoms with Gasteiger partial charge in [0.05, 0.1) is 32.3 Å². The van der Waals surface area contributed by atoms with E-state index in [1.165, 1.54) is 31.0 Å². The van der Waals surface area contributed by atoms with Crippen molar-refractivity contribution in [3.05, 3.63) is 134 Å². The van der Waals surface area contributed by atoms with E-state index in [0.717, 1.165) is 60.2 Å². The average Bonchev–Trinajstić information content (AvgIpc) is 3.92. The molecule has 0 amide bonds. The van der Waals surface area contributed by atoms with Crippen LogP contribution in [-0.2, 0) is 0 Å². The van der Waals surface area contributed by atoms with Gasteiger partial charge in [-0.15, -0.1) is 0 Å². The van der Waals surface area contributed by atoms with Crippen molar-refractivity contribution < 1.29 is 14.2 Å². The van der Waals surface area contributed by atoms with Crippen LogP contribution in [0.2, 0.25) is 0 Å². The molecule has 12 nitrogen and oxygen atoms in total. The Balaban J connectivity index is 0.000000124. The maximum Gasteiger partial charge on any atom is 0.326 e. The summed E-state index contributed by atoms with van der Waals surface area (Å²) in [6.07, 6.45) is 7.09. The second-order valence-corrected chi connectivity index (χ2v) is 11.5. The largest absolute Gasteiger partial charge is 0.397 e. The molecule has 0 saturated heterocycles. The van der Waals surface area contributed by atoms with Crippen molar-refractivity contribution in [3.8, 4) is 0 Å². The number of aromatic amines is 1. The van der Waals surface area contributed by atoms with Crippen molar-refractivity contribution in [1.82, 2.24) is 9.55 Å². The Hall–Kier alpha value is -5.72. The van der Waals surface area contributed by atoms with Gasteiger partial charge in [-0.05, 0) is 74.9 Å². The standard InChI is InChI=1S/C10H10N2O.C9H10N2O2.C9H12N2.C6H4FNO2/c13-10-11-8-3-1-2-4-9(8)12(10)7-5-6-7;12-11(13)9-4-2-1-3-8(9)10-7-5-6-7;10-8-3-1-2-4-9(8)11-7-5-6-7;7-5-3-1-2-4-6(5)8(9)10/h1-4,7H,5-6H2,(H,11,13);1-4,7,10H,5-6H2;1-4,7,11H,5-6,10H2;1-4H. The Morgan fingerprint density at radius 3 is 1.77 bits per heavy atom. The van der Waals surface area contributed by atoms with Crippen LogP contribution in [0.3, 0.4) is 0 Å². The van der Waals surface area contributed by atoms with E-state index in [1.54, 1.807) is 18.2 Å². The van der Waals surface area contributed by atoms with E-state index < -0.39 is 16.4 Å². The summed E-state index contributed by atoms with van der Waals surface area (Å²) in [5.74, 6) is -0.799. The van der Waals surface area contributed by atoms with Crippen molar-refractivity contribution in [2.75, 3.05) is 16.4 Å². The number of halogens is 1. The quantitative estimate of drug-likeness (QED) is 0.0807. The summed E-state index contributed by atoms with van der Waals surface area (Å²) >= 11 is 0. The minimum absolute atomic E-state index is 0.0312. The van der Waals surface area contributed by atoms with Gasteiger partial charge in [-0.1, -0.05) is 48.5 Å². The Labute approximate surface area is 269 Å². The van der Waals surface area contributed by atoms with Gasteiger partial charge in [-0.25, -0.2) is 4.79 Å². The van der Waals surface area contributed by atoms with E-state index in [-0.39, 0.29) is 16.3 Å². The minimum Gasteiger partial charge on any atom is -0.397 e. The maximum atomic E-state index is 12.4. The first kappa shape index (κ1) is 32.7. The molecule has 8 rings (SSSR count). The van der Waals surface area contributed by atoms with Crippen LogP contribution in [0.25, 0.3) is 11.0 Å². The number of imidazole rings is 1. The number of nitrogen functional groups attached to an aromatic ring is 1. The number of nitro benzene ring substituents is 2. The molecule has 3 aliphatic rings. The highest BCUT2D eigenvalue weighted by atomic mass is 19.1. The monoisotopic (exact) mass is 641 g/mol. The van der Waals surface area contributed by atoms with Gasteiger partial charge in [-0.3, -0.25) is 24.8 Å². The molecule has 0 radical (unpaired) electrons. The number of nitro groups is 2. The van der Waals surface area contributed by atoms with Gasteiger partial charge in [0.2, 0.25) is 5.82 Å². The molecular weight excluding hydrogens is 605 g/mol. The SMILES string of the molecule is Nc1ccccc1NC1CC1.O=[N+]([O-])c1ccccc1F.O=[N+]([O-])c1ccccc1NC1CC1.O=c1[nH]c2ccccc2n1C1CC1. The smallest absolute Gasteiger partial charge is 0.326 e. The maximum absolute atomic E-state index is 12.4. The van der Waals surface area contributed by atoms with E-state index >= 15 is 0 Å². The minimum atomic E-state index is -0.799. The summed E-state index contributed by atoms with van der Waals surface area (Å²) in [5.41, 5.74) is 9.98. The molecule has 47 heavy (non-hydrogen) atoms. The predicted octanol–water partition coefficient (Wildman–Crippen LogP) is 7.41. The topological polar surface area (TPSA) is 174 Å². The molecule has 244 valence electrons. The van der Waals surface area contributed by atoms with E-state index in [1.807, 2.05) is 53.1 Å². The molecule has 0 aliphatic heterocycles. The first-order chi connectivity index (χ1) is 22.7. The molecule has 0 unspecified atom stereocenters. The third kappa shape index (κ3) is 9.39. The van der Waals surface area contributed by atoms with Crippen molar-refractivity contribution in [2.45, 2.75) is 56.7 Å². The van der Waals surface area contributed by atoms with Crippen LogP contribution in [0.1, 0.15) is 44.6 Å². The fourth-order valence-electron chi connectivity index (χ4n) is 4.65. The third-order valence-corrected chi connectivity index (χ3v) is 7.52. The van der Waals surface area contributed by atoms with Gasteiger partial charge in [0.15, 0.2) is 0 Å². The Bertz CT molecular complexity index is 1900. The normalized spacial score (nSPS) is 14.7. The molecule has 5 N–H and O–H groups in total. The highest BCUT2D eigenvalue weighted by molar-refractivity contribution is 5.75. The highest BCUT2D eigenvalue weighted by Crippen LogP contribution is 2.35. The number of H-pyrrole nitrogens is 1. The molecule has 3 fully saturated rings. The summed E-state index contributed by atoms with van der Waals surface area (Å²) in [4.78, 5) is 33.8. The number of hydrogen-bond donors (Lipinski definition) is 4. The lowest BCUT2D eigenvalue weighted by atomic mass is 10.2. The predicted molar refractivity (Wildman–Crippen MR) is 181 cm³/mol. The van der Waals surface area contributed by atoms with Crippen LogP contribution in [0.4, 0.5) is 32.8 Å². The zero-order chi connectivity index (χ0) is 33.3. The van der Waals surface area contributed by atoms with Crippen molar-refractivity contribution in [1.29, 1.82) is 0 Å². The summed E-state index contributed by atoms with van der Waals surface area (Å²) < 4.78 is 14.3. The first-order valence-electron chi connectivity index (χ1n) is 15.4. The van der Waals surface area contributed by atoms with Gasteiger partial charge in [0, 0.05) is 30.3 Å². The van der Waals surface area contributed by atoms with Gasteiger partial charge in [0.1, 0.15) is 5.69 Å². The fraction of sp³-hybridized carbons (Fsp3) is 0.265. The molecule has 0 bridgehead atoms. The molecule has 4 aromatic carbocycles. The number of benzene rings is 4. The van der Waals surface area contributed by atoms with E-state index in [0.29, 0.717) is 23.8 Å². The van der Waals surface area contributed by atoms with Gasteiger partial charge >= 0.3 is 11.4 Å². The second kappa shape index (κ2) is 15.0. The van der Waals surface area contributed by atoms with Crippen molar-refractivity contribution in [3.63, 3.8) is 0 Å². The molecule has 3 aliphatic carbocycles. The summed E-state index contributed by atoms with van der Waals surface area (Å²) in [5, 5.41) is 27.1. The second-order valence-electron chi connectivity index (χ2n) is 11.5. The number of nitrogens with zero attached hydrogens (tertiary/aromatic N) is 3.